The van der Waals surface area contributed by atoms with E-state index in [4.69, 9.17) is 48.1 Å². The SMILES string of the molecule is COC(=O)CC[C@@H]1C2=C(C)C3=NC([C@H](CC(=O)OC)[C@@]3(C)CCC(=O)OC)[C@]3(C)N=C(/C(C)=C4\NC5=C(C(=N2)C1(C)C)N(C(=O)OC(C)(C)C)C(=O)CC[C@H]5[C@]4(C)CC(=O)OC)[C@@H](CCC(=O)OC)[C@]3(C)CC(=O)OC. The Morgan fingerprint density at radius 2 is 1.22 bits per heavy atom. The molecule has 0 saturated carbocycles. The van der Waals surface area contributed by atoms with Gasteiger partial charge in [-0.25, -0.2) is 9.69 Å². The Morgan fingerprint density at radius 1 is 0.684 bits per heavy atom. The number of hydrogen-bond acceptors (Lipinski definition) is 19. The molecule has 0 aromatic rings. The van der Waals surface area contributed by atoms with Crippen LogP contribution in [0, 0.1) is 45.3 Å². The van der Waals surface area contributed by atoms with Crippen molar-refractivity contribution < 1.29 is 71.5 Å². The molecule has 20 heteroatoms. The first-order chi connectivity index (χ1) is 35.4. The van der Waals surface area contributed by atoms with Crippen molar-refractivity contribution in [1.29, 1.82) is 0 Å². The molecule has 9 atom stereocenters. The quantitative estimate of drug-likeness (QED) is 0.123. The molecule has 418 valence electrons. The molecule has 1 unspecified atom stereocenters. The van der Waals surface area contributed by atoms with E-state index in [9.17, 15) is 38.4 Å². The summed E-state index contributed by atoms with van der Waals surface area (Å²) in [5.41, 5.74) is -3.42. The lowest BCUT2D eigenvalue weighted by Crippen LogP contribution is -2.55. The van der Waals surface area contributed by atoms with Gasteiger partial charge in [0.1, 0.15) is 5.60 Å². The van der Waals surface area contributed by atoms with Gasteiger partial charge >= 0.3 is 41.9 Å². The van der Waals surface area contributed by atoms with Crippen LogP contribution in [-0.2, 0) is 66.7 Å². The van der Waals surface area contributed by atoms with E-state index in [1.807, 2.05) is 55.4 Å². The van der Waals surface area contributed by atoms with Crippen molar-refractivity contribution in [1.82, 2.24) is 10.2 Å². The molecule has 0 aromatic heterocycles. The van der Waals surface area contributed by atoms with Gasteiger partial charge in [-0.05, 0) is 78.4 Å². The Hall–Kier alpha value is -6.21. The maximum atomic E-state index is 15.0. The number of ether oxygens (including phenoxy) is 7. The van der Waals surface area contributed by atoms with Gasteiger partial charge in [0.25, 0.3) is 0 Å². The zero-order valence-electron chi connectivity index (χ0n) is 47.6. The fourth-order valence-corrected chi connectivity index (χ4v) is 13.3. The number of esters is 6. The Balaban J connectivity index is 1.91. The van der Waals surface area contributed by atoms with Gasteiger partial charge in [-0.1, -0.05) is 34.6 Å². The molecule has 8 bridgehead atoms. The number of methoxy groups -OCH3 is 6. The van der Waals surface area contributed by atoms with Crippen molar-refractivity contribution >= 4 is 65.0 Å². The Bertz CT molecular complexity index is 2650. The monoisotopic (exact) mass is 1060 g/mol. The predicted molar refractivity (Wildman–Crippen MR) is 278 cm³/mol. The maximum absolute atomic E-state index is 15.0. The number of allylic oxidation sites excluding steroid dienone is 6. The summed E-state index contributed by atoms with van der Waals surface area (Å²) in [6.45, 7) is 20.3. The zero-order chi connectivity index (χ0) is 56.8. The van der Waals surface area contributed by atoms with E-state index in [1.54, 1.807) is 20.8 Å². The molecule has 6 heterocycles. The second kappa shape index (κ2) is 21.7. The first-order valence-corrected chi connectivity index (χ1v) is 26.1. The highest BCUT2D eigenvalue weighted by Gasteiger charge is 2.67. The lowest BCUT2D eigenvalue weighted by Gasteiger charge is -2.48. The number of nitrogens with one attached hydrogen (secondary N) is 1. The van der Waals surface area contributed by atoms with E-state index >= 15 is 0 Å². The van der Waals surface area contributed by atoms with Gasteiger partial charge in [-0.2, -0.15) is 0 Å². The van der Waals surface area contributed by atoms with Gasteiger partial charge in [0.2, 0.25) is 5.91 Å². The molecule has 20 nitrogen and oxygen atoms in total. The molecule has 0 spiro atoms. The predicted octanol–water partition coefficient (Wildman–Crippen LogP) is 7.47. The summed E-state index contributed by atoms with van der Waals surface area (Å²) < 4.78 is 37.9. The molecular weight excluding hydrogens is 983 g/mol. The van der Waals surface area contributed by atoms with Crippen LogP contribution in [0.2, 0.25) is 0 Å². The minimum Gasteiger partial charge on any atom is -0.469 e. The number of imide groups is 1. The summed E-state index contributed by atoms with van der Waals surface area (Å²) in [6, 6.07) is -0.959. The third-order valence-corrected chi connectivity index (χ3v) is 17.8. The van der Waals surface area contributed by atoms with E-state index in [0.29, 0.717) is 45.4 Å². The van der Waals surface area contributed by atoms with Gasteiger partial charge in [0.05, 0.1) is 84.9 Å². The summed E-state index contributed by atoms with van der Waals surface area (Å²) in [5.74, 6) is -6.64. The van der Waals surface area contributed by atoms with Gasteiger partial charge < -0.3 is 38.5 Å². The number of fused-ring (bicyclic) bond motifs is 6. The van der Waals surface area contributed by atoms with Crippen LogP contribution in [0.1, 0.15) is 147 Å². The molecule has 0 aliphatic carbocycles. The molecule has 1 N–H and O–H groups in total. The third kappa shape index (κ3) is 10.2. The Morgan fingerprint density at radius 3 is 1.78 bits per heavy atom. The summed E-state index contributed by atoms with van der Waals surface area (Å²) in [4.78, 5) is 130. The zero-order valence-corrected chi connectivity index (χ0v) is 47.6. The minimum atomic E-state index is -1.43. The molecule has 6 aliphatic rings. The highest BCUT2D eigenvalue weighted by Crippen LogP contribution is 2.63. The molecule has 2 amide bonds. The lowest BCUT2D eigenvalue weighted by atomic mass is 9.55. The van der Waals surface area contributed by atoms with Crippen LogP contribution >= 0.6 is 0 Å². The van der Waals surface area contributed by atoms with Crippen molar-refractivity contribution in [2.75, 3.05) is 42.7 Å². The van der Waals surface area contributed by atoms with Crippen molar-refractivity contribution in [3.05, 3.63) is 33.9 Å². The van der Waals surface area contributed by atoms with Crippen molar-refractivity contribution in [3.8, 4) is 0 Å². The third-order valence-electron chi connectivity index (χ3n) is 17.8. The van der Waals surface area contributed by atoms with E-state index in [2.05, 4.69) is 5.32 Å². The average molecular weight is 1060 g/mol. The Kier molecular flexibility index (Phi) is 16.8. The number of hydrogen-bond donors (Lipinski definition) is 1. The number of nitrogens with zero attached hydrogens (tertiary/aromatic N) is 4. The fraction of sp³-hybridized carbons (Fsp3) is 0.696. The normalized spacial score (nSPS) is 31.4. The second-order valence-electron chi connectivity index (χ2n) is 23.5. The second-order valence-corrected chi connectivity index (χ2v) is 23.5. The van der Waals surface area contributed by atoms with Gasteiger partial charge in [0.15, 0.2) is 0 Å². The number of amides is 2. The minimum absolute atomic E-state index is 0.0525. The van der Waals surface area contributed by atoms with Crippen LogP contribution < -0.4 is 5.32 Å². The number of carbonyl (C=O) groups is 8. The van der Waals surface area contributed by atoms with Crippen LogP contribution in [0.4, 0.5) is 4.79 Å². The number of rotatable bonds is 15. The van der Waals surface area contributed by atoms with E-state index < -0.39 is 110 Å². The van der Waals surface area contributed by atoms with Crippen LogP contribution in [-0.4, -0.2) is 130 Å². The van der Waals surface area contributed by atoms with Gasteiger partial charge in [-0.15, -0.1) is 0 Å². The number of carbonyl (C=O) groups excluding carboxylic acids is 8. The van der Waals surface area contributed by atoms with Crippen LogP contribution in [0.25, 0.3) is 0 Å². The van der Waals surface area contributed by atoms with E-state index in [1.165, 1.54) is 42.7 Å². The van der Waals surface area contributed by atoms with E-state index in [-0.39, 0.29) is 76.3 Å². The topological polar surface area (TPSA) is 254 Å². The molecule has 6 aliphatic heterocycles. The Labute approximate surface area is 446 Å². The summed E-state index contributed by atoms with van der Waals surface area (Å²) in [7, 11) is 7.75. The fourth-order valence-electron chi connectivity index (χ4n) is 13.3. The first kappa shape index (κ1) is 59.0. The highest BCUT2D eigenvalue weighted by atomic mass is 16.6. The maximum Gasteiger partial charge on any atom is 0.421 e. The van der Waals surface area contributed by atoms with Crippen molar-refractivity contribution in [2.24, 2.45) is 60.3 Å². The van der Waals surface area contributed by atoms with Crippen molar-refractivity contribution in [2.45, 2.75) is 164 Å². The molecule has 1 saturated heterocycles. The van der Waals surface area contributed by atoms with Gasteiger partial charge in [-0.3, -0.25) is 48.5 Å². The molecule has 76 heavy (non-hydrogen) atoms. The van der Waals surface area contributed by atoms with Crippen LogP contribution in [0.3, 0.4) is 0 Å². The van der Waals surface area contributed by atoms with E-state index in [0.717, 1.165) is 4.90 Å². The molecule has 0 radical (unpaired) electrons. The first-order valence-electron chi connectivity index (χ1n) is 26.1. The van der Waals surface area contributed by atoms with Gasteiger partial charge in [0, 0.05) is 99.5 Å². The average Bonchev–Trinajstić information content (AvgIpc) is 3.94. The molecule has 0 aromatic carbocycles. The summed E-state index contributed by atoms with van der Waals surface area (Å²) in [6.07, 6.45) is -1.46. The molecule has 1 fully saturated rings. The standard InChI is InChI=1S/C56H79N5O15/c1-29-42-31(19-22-36(63)70-12)52(6,7)49(57-42)45-44-32(18-21-35(62)61(45)50(69)76-51(3,4)5)54(9,27-40(67)74-16)47(58-44)30(2)43-33(20-23-37(64)71-13)55(10,28-41(68)75-17)56(11,60-43)48-34(26-39(66)73-15)53(8,46(29)59-48)25-24-38(65)72-14/h31-34,48,58H,18-28H2,1-17H3/b42-29?,47-30-/t31-,32-,33-,34+,48?,53-,54+,55+,56+/m1/s1. The van der Waals surface area contributed by atoms with Crippen molar-refractivity contribution in [3.63, 3.8) is 0 Å². The highest BCUT2D eigenvalue weighted by molar-refractivity contribution is 6.15. The largest absolute Gasteiger partial charge is 0.469 e. The molecular formula is C56H79N5O15. The summed E-state index contributed by atoms with van der Waals surface area (Å²) >= 11 is 0. The lowest BCUT2D eigenvalue weighted by molar-refractivity contribution is -0.147. The number of aliphatic imine (C=N–C) groups is 3. The van der Waals surface area contributed by atoms with Crippen LogP contribution in [0.15, 0.2) is 48.9 Å². The smallest absolute Gasteiger partial charge is 0.421 e. The van der Waals surface area contributed by atoms with Crippen LogP contribution in [0.5, 0.6) is 0 Å². The summed E-state index contributed by atoms with van der Waals surface area (Å²) in [5, 5.41) is 3.72. The molecule has 6 rings (SSSR count).